The molecule has 3 heteroatoms. The second-order valence-corrected chi connectivity index (χ2v) is 5.77. The molecule has 2 rings (SSSR count). The van der Waals surface area contributed by atoms with Crippen molar-refractivity contribution in [1.29, 1.82) is 0 Å². The summed E-state index contributed by atoms with van der Waals surface area (Å²) in [4.78, 5) is 0. The fourth-order valence-corrected chi connectivity index (χ4v) is 2.49. The van der Waals surface area contributed by atoms with Crippen molar-refractivity contribution in [2.45, 2.75) is 45.2 Å². The summed E-state index contributed by atoms with van der Waals surface area (Å²) in [5.74, 6) is 0.756. The molecule has 1 aromatic carbocycles. The van der Waals surface area contributed by atoms with E-state index in [1.54, 1.807) is 0 Å². The average Bonchev–Trinajstić information content (AvgIpc) is 3.12. The number of hydrogen-bond donors (Lipinski definition) is 1. The summed E-state index contributed by atoms with van der Waals surface area (Å²) in [5.41, 5.74) is 1.13. The Morgan fingerprint density at radius 2 is 2.24 bits per heavy atom. The van der Waals surface area contributed by atoms with Crippen molar-refractivity contribution in [2.24, 2.45) is 5.92 Å². The van der Waals surface area contributed by atoms with Gasteiger partial charge in [0.1, 0.15) is 5.82 Å². The Kier molecular flexibility index (Phi) is 4.57. The van der Waals surface area contributed by atoms with E-state index in [1.807, 2.05) is 12.1 Å². The minimum atomic E-state index is -0.196. The Labute approximate surface area is 111 Å². The van der Waals surface area contributed by atoms with Gasteiger partial charge >= 0.3 is 0 Å². The fraction of sp³-hybridized carbons (Fsp3) is 0.571. The second kappa shape index (κ2) is 5.96. The van der Waals surface area contributed by atoms with Crippen LogP contribution in [-0.4, -0.2) is 6.04 Å². The molecule has 1 N–H and O–H groups in total. The maximum atomic E-state index is 13.1. The quantitative estimate of drug-likeness (QED) is 0.828. The van der Waals surface area contributed by atoms with E-state index >= 15 is 0 Å². The van der Waals surface area contributed by atoms with E-state index in [4.69, 9.17) is 0 Å². The molecule has 1 nitrogen and oxygen atoms in total. The molecule has 0 aliphatic heterocycles. The van der Waals surface area contributed by atoms with Crippen LogP contribution in [0.3, 0.4) is 0 Å². The largest absolute Gasteiger partial charge is 0.310 e. The van der Waals surface area contributed by atoms with E-state index < -0.39 is 0 Å². The van der Waals surface area contributed by atoms with Crippen LogP contribution >= 0.6 is 15.9 Å². The van der Waals surface area contributed by atoms with Crippen LogP contribution < -0.4 is 5.32 Å². The van der Waals surface area contributed by atoms with Crippen LogP contribution in [0.4, 0.5) is 4.39 Å². The molecular weight excluding hydrogens is 281 g/mol. The molecule has 0 aromatic heterocycles. The summed E-state index contributed by atoms with van der Waals surface area (Å²) in [7, 11) is 0. The molecule has 0 saturated heterocycles. The SMILES string of the molecule is CCC(CC1CC1)NCc1ccc(F)c(Br)c1. The molecular formula is C14H19BrFN. The van der Waals surface area contributed by atoms with Gasteiger partial charge in [-0.3, -0.25) is 0 Å². The van der Waals surface area contributed by atoms with E-state index in [1.165, 1.54) is 31.7 Å². The lowest BCUT2D eigenvalue weighted by atomic mass is 10.1. The van der Waals surface area contributed by atoms with E-state index in [-0.39, 0.29) is 5.82 Å². The lowest BCUT2D eigenvalue weighted by Gasteiger charge is -2.16. The maximum absolute atomic E-state index is 13.1. The summed E-state index contributed by atoms with van der Waals surface area (Å²) in [6.07, 6.45) is 5.26. The third-order valence-electron chi connectivity index (χ3n) is 3.39. The minimum absolute atomic E-state index is 0.196. The van der Waals surface area contributed by atoms with Crippen molar-refractivity contribution in [3.05, 3.63) is 34.1 Å². The van der Waals surface area contributed by atoms with Gasteiger partial charge < -0.3 is 5.32 Å². The Bertz CT molecular complexity index is 376. The molecule has 94 valence electrons. The van der Waals surface area contributed by atoms with Gasteiger partial charge in [-0.05, 0) is 52.4 Å². The average molecular weight is 300 g/mol. The molecule has 1 aromatic rings. The van der Waals surface area contributed by atoms with Crippen molar-refractivity contribution in [3.63, 3.8) is 0 Å². The molecule has 1 aliphatic carbocycles. The van der Waals surface area contributed by atoms with Crippen molar-refractivity contribution < 1.29 is 4.39 Å². The van der Waals surface area contributed by atoms with Gasteiger partial charge in [0.25, 0.3) is 0 Å². The molecule has 1 atom stereocenters. The van der Waals surface area contributed by atoms with E-state index in [9.17, 15) is 4.39 Å². The maximum Gasteiger partial charge on any atom is 0.137 e. The predicted octanol–water partition coefficient (Wildman–Crippen LogP) is 4.26. The summed E-state index contributed by atoms with van der Waals surface area (Å²) in [6.45, 7) is 3.05. The van der Waals surface area contributed by atoms with Gasteiger partial charge in [0.2, 0.25) is 0 Å². The lowest BCUT2D eigenvalue weighted by Crippen LogP contribution is -2.28. The van der Waals surface area contributed by atoms with Gasteiger partial charge in [0.15, 0.2) is 0 Å². The smallest absolute Gasteiger partial charge is 0.137 e. The van der Waals surface area contributed by atoms with Gasteiger partial charge in [-0.2, -0.15) is 0 Å². The molecule has 0 spiro atoms. The molecule has 0 radical (unpaired) electrons. The Morgan fingerprint density at radius 1 is 1.47 bits per heavy atom. The first-order chi connectivity index (χ1) is 8.19. The number of benzene rings is 1. The van der Waals surface area contributed by atoms with Crippen LogP contribution in [0.1, 0.15) is 38.2 Å². The summed E-state index contributed by atoms with van der Waals surface area (Å²) < 4.78 is 13.6. The molecule has 0 amide bonds. The lowest BCUT2D eigenvalue weighted by molar-refractivity contribution is 0.444. The second-order valence-electron chi connectivity index (χ2n) is 4.91. The predicted molar refractivity (Wildman–Crippen MR) is 72.4 cm³/mol. The highest BCUT2D eigenvalue weighted by Gasteiger charge is 2.24. The van der Waals surface area contributed by atoms with Crippen LogP contribution in [0.25, 0.3) is 0 Å². The zero-order chi connectivity index (χ0) is 12.3. The third-order valence-corrected chi connectivity index (χ3v) is 3.99. The first kappa shape index (κ1) is 13.0. The third kappa shape index (κ3) is 4.07. The summed E-state index contributed by atoms with van der Waals surface area (Å²) in [6, 6.07) is 5.82. The van der Waals surface area contributed by atoms with Crippen LogP contribution in [0, 0.1) is 11.7 Å². The molecule has 1 aliphatic rings. The first-order valence-electron chi connectivity index (χ1n) is 6.36. The summed E-state index contributed by atoms with van der Waals surface area (Å²) >= 11 is 3.22. The number of nitrogens with one attached hydrogen (secondary N) is 1. The van der Waals surface area contributed by atoms with Gasteiger partial charge in [-0.15, -0.1) is 0 Å². The monoisotopic (exact) mass is 299 g/mol. The van der Waals surface area contributed by atoms with Gasteiger partial charge in [-0.1, -0.05) is 25.8 Å². The Morgan fingerprint density at radius 3 is 2.82 bits per heavy atom. The van der Waals surface area contributed by atoms with Gasteiger partial charge in [0, 0.05) is 12.6 Å². The van der Waals surface area contributed by atoms with E-state index in [0.717, 1.165) is 18.0 Å². The highest BCUT2D eigenvalue weighted by molar-refractivity contribution is 9.10. The number of rotatable bonds is 6. The van der Waals surface area contributed by atoms with Crippen molar-refractivity contribution in [2.75, 3.05) is 0 Å². The minimum Gasteiger partial charge on any atom is -0.310 e. The zero-order valence-electron chi connectivity index (χ0n) is 10.2. The fourth-order valence-electron chi connectivity index (χ4n) is 2.06. The summed E-state index contributed by atoms with van der Waals surface area (Å²) in [5, 5.41) is 3.56. The number of hydrogen-bond acceptors (Lipinski definition) is 1. The van der Waals surface area contributed by atoms with Crippen LogP contribution in [0.5, 0.6) is 0 Å². The number of halogens is 2. The Balaban J connectivity index is 1.84. The van der Waals surface area contributed by atoms with Gasteiger partial charge in [0.05, 0.1) is 4.47 Å². The highest BCUT2D eigenvalue weighted by atomic mass is 79.9. The van der Waals surface area contributed by atoms with Crippen LogP contribution in [-0.2, 0) is 6.54 Å². The van der Waals surface area contributed by atoms with Crippen LogP contribution in [0.2, 0.25) is 0 Å². The first-order valence-corrected chi connectivity index (χ1v) is 7.15. The van der Waals surface area contributed by atoms with Crippen molar-refractivity contribution in [3.8, 4) is 0 Å². The highest BCUT2D eigenvalue weighted by Crippen LogP contribution is 2.34. The normalized spacial score (nSPS) is 17.1. The van der Waals surface area contributed by atoms with Crippen LogP contribution in [0.15, 0.2) is 22.7 Å². The molecule has 1 fully saturated rings. The standard InChI is InChI=1S/C14H19BrFN/c1-2-12(7-10-3-4-10)17-9-11-5-6-14(16)13(15)8-11/h5-6,8,10,12,17H,2-4,7,9H2,1H3. The topological polar surface area (TPSA) is 12.0 Å². The van der Waals surface area contributed by atoms with E-state index in [0.29, 0.717) is 10.5 Å². The molecule has 0 heterocycles. The molecule has 1 saturated carbocycles. The molecule has 17 heavy (non-hydrogen) atoms. The Hall–Kier alpha value is -0.410. The van der Waals surface area contributed by atoms with E-state index in [2.05, 4.69) is 28.2 Å². The molecule has 1 unspecified atom stereocenters. The zero-order valence-corrected chi connectivity index (χ0v) is 11.8. The van der Waals surface area contributed by atoms with Gasteiger partial charge in [-0.25, -0.2) is 4.39 Å². The molecule has 0 bridgehead atoms. The van der Waals surface area contributed by atoms with Crippen molar-refractivity contribution >= 4 is 15.9 Å². The van der Waals surface area contributed by atoms with Crippen molar-refractivity contribution in [1.82, 2.24) is 5.32 Å².